The molecule has 0 radical (unpaired) electrons. The SMILES string of the molecule is Cc1ccccc1S(=O)(=O)N[C@@H](Cc1ccccc1)C(=O)N1CCOCC1. The quantitative estimate of drug-likeness (QED) is 0.818. The van der Waals surface area contributed by atoms with Crippen molar-refractivity contribution in [2.45, 2.75) is 24.3 Å². The number of benzene rings is 2. The molecule has 1 atom stereocenters. The number of nitrogens with one attached hydrogen (secondary N) is 1. The first-order valence-electron chi connectivity index (χ1n) is 8.96. The van der Waals surface area contributed by atoms with Gasteiger partial charge in [-0.3, -0.25) is 4.79 Å². The van der Waals surface area contributed by atoms with E-state index in [0.717, 1.165) is 5.56 Å². The van der Waals surface area contributed by atoms with Gasteiger partial charge in [0.15, 0.2) is 0 Å². The van der Waals surface area contributed by atoms with Crippen molar-refractivity contribution in [1.29, 1.82) is 0 Å². The minimum Gasteiger partial charge on any atom is -0.378 e. The van der Waals surface area contributed by atoms with E-state index >= 15 is 0 Å². The van der Waals surface area contributed by atoms with Crippen molar-refractivity contribution >= 4 is 15.9 Å². The third-order valence-corrected chi connectivity index (χ3v) is 6.22. The molecular formula is C20H24N2O4S. The Balaban J connectivity index is 1.86. The van der Waals surface area contributed by atoms with Crippen LogP contribution in [0.3, 0.4) is 0 Å². The van der Waals surface area contributed by atoms with Crippen LogP contribution < -0.4 is 4.72 Å². The number of ether oxygens (including phenoxy) is 1. The van der Waals surface area contributed by atoms with E-state index in [1.165, 1.54) is 0 Å². The lowest BCUT2D eigenvalue weighted by Crippen LogP contribution is -2.52. The van der Waals surface area contributed by atoms with E-state index in [9.17, 15) is 13.2 Å². The van der Waals surface area contributed by atoms with Crippen molar-refractivity contribution < 1.29 is 17.9 Å². The highest BCUT2D eigenvalue weighted by molar-refractivity contribution is 7.89. The second-order valence-electron chi connectivity index (χ2n) is 6.57. The van der Waals surface area contributed by atoms with E-state index in [0.29, 0.717) is 38.3 Å². The molecule has 1 aliphatic heterocycles. The van der Waals surface area contributed by atoms with Crippen molar-refractivity contribution in [2.24, 2.45) is 0 Å². The molecule has 6 nitrogen and oxygen atoms in total. The molecule has 0 aromatic heterocycles. The molecule has 2 aromatic carbocycles. The molecule has 0 unspecified atom stereocenters. The Morgan fingerprint density at radius 3 is 2.37 bits per heavy atom. The molecule has 0 aliphatic carbocycles. The summed E-state index contributed by atoms with van der Waals surface area (Å²) in [5, 5.41) is 0. The van der Waals surface area contributed by atoms with Gasteiger partial charge in [-0.05, 0) is 30.5 Å². The normalized spacial score (nSPS) is 16.1. The fourth-order valence-corrected chi connectivity index (χ4v) is 4.58. The van der Waals surface area contributed by atoms with Gasteiger partial charge in [0.2, 0.25) is 15.9 Å². The van der Waals surface area contributed by atoms with E-state index in [1.807, 2.05) is 30.3 Å². The molecule has 0 bridgehead atoms. The number of hydrogen-bond donors (Lipinski definition) is 1. The molecule has 2 aromatic rings. The van der Waals surface area contributed by atoms with Crippen LogP contribution in [-0.4, -0.2) is 51.6 Å². The predicted molar refractivity (Wildman–Crippen MR) is 103 cm³/mol. The zero-order chi connectivity index (χ0) is 19.3. The van der Waals surface area contributed by atoms with Crippen molar-refractivity contribution in [3.05, 3.63) is 65.7 Å². The molecule has 1 aliphatic rings. The van der Waals surface area contributed by atoms with Gasteiger partial charge < -0.3 is 9.64 Å². The second kappa shape index (κ2) is 8.65. The van der Waals surface area contributed by atoms with E-state index in [-0.39, 0.29) is 10.8 Å². The smallest absolute Gasteiger partial charge is 0.241 e. The summed E-state index contributed by atoms with van der Waals surface area (Å²) in [7, 11) is -3.82. The van der Waals surface area contributed by atoms with Crippen molar-refractivity contribution in [1.82, 2.24) is 9.62 Å². The van der Waals surface area contributed by atoms with E-state index in [4.69, 9.17) is 4.74 Å². The Hall–Kier alpha value is -2.22. The van der Waals surface area contributed by atoms with Gasteiger partial charge in [0.25, 0.3) is 0 Å². The monoisotopic (exact) mass is 388 g/mol. The molecule has 3 rings (SSSR count). The Kier molecular flexibility index (Phi) is 6.26. The maximum Gasteiger partial charge on any atom is 0.241 e. The molecule has 1 amide bonds. The lowest BCUT2D eigenvalue weighted by molar-refractivity contribution is -0.137. The third-order valence-electron chi connectivity index (χ3n) is 4.58. The Morgan fingerprint density at radius 2 is 1.70 bits per heavy atom. The summed E-state index contributed by atoms with van der Waals surface area (Å²) in [5.41, 5.74) is 1.54. The van der Waals surface area contributed by atoms with Crippen LogP contribution in [0.2, 0.25) is 0 Å². The molecule has 0 spiro atoms. The van der Waals surface area contributed by atoms with Gasteiger partial charge in [-0.25, -0.2) is 8.42 Å². The molecular weight excluding hydrogens is 364 g/mol. The van der Waals surface area contributed by atoms with Crippen molar-refractivity contribution in [2.75, 3.05) is 26.3 Å². The zero-order valence-corrected chi connectivity index (χ0v) is 16.1. The minimum absolute atomic E-state index is 0.192. The molecule has 0 saturated carbocycles. The standard InChI is InChI=1S/C20H24N2O4S/c1-16-7-5-6-10-19(16)27(24,25)21-18(15-17-8-3-2-4-9-17)20(23)22-11-13-26-14-12-22/h2-10,18,21H,11-15H2,1H3/t18-/m0/s1. The molecule has 1 saturated heterocycles. The second-order valence-corrected chi connectivity index (χ2v) is 8.25. The third kappa shape index (κ3) is 4.94. The minimum atomic E-state index is -3.82. The Morgan fingerprint density at radius 1 is 1.07 bits per heavy atom. The van der Waals surface area contributed by atoms with Crippen molar-refractivity contribution in [3.63, 3.8) is 0 Å². The number of carbonyl (C=O) groups is 1. The highest BCUT2D eigenvalue weighted by Crippen LogP contribution is 2.16. The van der Waals surface area contributed by atoms with Crippen LogP contribution in [0.1, 0.15) is 11.1 Å². The summed E-state index contributed by atoms with van der Waals surface area (Å²) in [6.45, 7) is 3.61. The topological polar surface area (TPSA) is 75.7 Å². The average molecular weight is 388 g/mol. The van der Waals surface area contributed by atoms with Gasteiger partial charge >= 0.3 is 0 Å². The van der Waals surface area contributed by atoms with Crippen LogP contribution >= 0.6 is 0 Å². The van der Waals surface area contributed by atoms with Crippen LogP contribution in [0.25, 0.3) is 0 Å². The van der Waals surface area contributed by atoms with Gasteiger partial charge in [0.05, 0.1) is 18.1 Å². The van der Waals surface area contributed by atoms with E-state index in [1.54, 1.807) is 36.1 Å². The van der Waals surface area contributed by atoms with E-state index in [2.05, 4.69) is 4.72 Å². The Labute approximate surface area is 160 Å². The van der Waals surface area contributed by atoms with Crippen LogP contribution in [-0.2, 0) is 26.0 Å². The summed E-state index contributed by atoms with van der Waals surface area (Å²) in [5.74, 6) is -0.223. The summed E-state index contributed by atoms with van der Waals surface area (Å²) in [6, 6.07) is 15.3. The molecule has 1 fully saturated rings. The summed E-state index contributed by atoms with van der Waals surface area (Å²) < 4.78 is 33.8. The number of nitrogens with zero attached hydrogens (tertiary/aromatic N) is 1. The molecule has 144 valence electrons. The lowest BCUT2D eigenvalue weighted by Gasteiger charge is -2.30. The van der Waals surface area contributed by atoms with Crippen LogP contribution in [0.15, 0.2) is 59.5 Å². The first-order chi connectivity index (χ1) is 13.0. The van der Waals surface area contributed by atoms with E-state index < -0.39 is 16.1 Å². The highest BCUT2D eigenvalue weighted by atomic mass is 32.2. The number of rotatable bonds is 6. The number of morpholine rings is 1. The van der Waals surface area contributed by atoms with Crippen molar-refractivity contribution in [3.8, 4) is 0 Å². The summed E-state index contributed by atoms with van der Waals surface area (Å²) in [6.07, 6.45) is 0.294. The summed E-state index contributed by atoms with van der Waals surface area (Å²) >= 11 is 0. The van der Waals surface area contributed by atoms with Crippen LogP contribution in [0, 0.1) is 6.92 Å². The maximum absolute atomic E-state index is 13.0. The Bertz CT molecular complexity index is 878. The van der Waals surface area contributed by atoms with Crippen LogP contribution in [0.4, 0.5) is 0 Å². The predicted octanol–water partition coefficient (Wildman–Crippen LogP) is 1.74. The van der Waals surface area contributed by atoms with Gasteiger partial charge in [-0.15, -0.1) is 0 Å². The molecule has 1 N–H and O–H groups in total. The number of sulfonamides is 1. The molecule has 7 heteroatoms. The molecule has 1 heterocycles. The first-order valence-corrected chi connectivity index (χ1v) is 10.4. The first kappa shape index (κ1) is 19.5. The number of hydrogen-bond acceptors (Lipinski definition) is 4. The number of carbonyl (C=O) groups excluding carboxylic acids is 1. The zero-order valence-electron chi connectivity index (χ0n) is 15.3. The van der Waals surface area contributed by atoms with Gasteiger partial charge in [-0.2, -0.15) is 4.72 Å². The average Bonchev–Trinajstić information content (AvgIpc) is 2.68. The fraction of sp³-hybridized carbons (Fsp3) is 0.350. The van der Waals surface area contributed by atoms with Crippen LogP contribution in [0.5, 0.6) is 0 Å². The summed E-state index contributed by atoms with van der Waals surface area (Å²) in [4.78, 5) is 14.9. The van der Waals surface area contributed by atoms with Gasteiger partial charge in [-0.1, -0.05) is 48.5 Å². The van der Waals surface area contributed by atoms with Gasteiger partial charge in [0, 0.05) is 13.1 Å². The number of amides is 1. The fourth-order valence-electron chi connectivity index (χ4n) is 3.14. The van der Waals surface area contributed by atoms with Gasteiger partial charge in [0.1, 0.15) is 6.04 Å². The maximum atomic E-state index is 13.0. The molecule has 27 heavy (non-hydrogen) atoms. The largest absolute Gasteiger partial charge is 0.378 e. The number of aryl methyl sites for hydroxylation is 1. The lowest BCUT2D eigenvalue weighted by atomic mass is 10.1. The highest BCUT2D eigenvalue weighted by Gasteiger charge is 2.30.